The van der Waals surface area contributed by atoms with Crippen LogP contribution in [0.2, 0.25) is 0 Å². The number of pyridine rings is 1. The van der Waals surface area contributed by atoms with Gasteiger partial charge in [-0.3, -0.25) is 9.48 Å². The van der Waals surface area contributed by atoms with Crippen LogP contribution in [-0.4, -0.2) is 31.6 Å². The van der Waals surface area contributed by atoms with Crippen molar-refractivity contribution in [1.29, 1.82) is 0 Å². The molecule has 22 heavy (non-hydrogen) atoms. The van der Waals surface area contributed by atoms with Gasteiger partial charge >= 0.3 is 0 Å². The third-order valence-electron chi connectivity index (χ3n) is 3.57. The van der Waals surface area contributed by atoms with Crippen molar-refractivity contribution < 1.29 is 4.79 Å². The number of nitrogens with one attached hydrogen (secondary N) is 1. The van der Waals surface area contributed by atoms with E-state index in [1.54, 1.807) is 6.20 Å². The molecule has 3 aromatic heterocycles. The van der Waals surface area contributed by atoms with Crippen molar-refractivity contribution in [3.05, 3.63) is 53.7 Å². The summed E-state index contributed by atoms with van der Waals surface area (Å²) < 4.78 is 3.79. The molecule has 0 radical (unpaired) electrons. The predicted octanol–water partition coefficient (Wildman–Crippen LogP) is 1.51. The highest BCUT2D eigenvalue weighted by atomic mass is 16.1. The smallest absolute Gasteiger partial charge is 0.226 e. The number of nitrogens with zero attached hydrogens (tertiary/aromatic N) is 4. The van der Waals surface area contributed by atoms with Crippen LogP contribution in [0, 0.1) is 13.8 Å². The molecule has 3 rings (SSSR count). The lowest BCUT2D eigenvalue weighted by Crippen LogP contribution is -2.29. The lowest BCUT2D eigenvalue weighted by molar-refractivity contribution is -0.120. The van der Waals surface area contributed by atoms with E-state index in [0.29, 0.717) is 19.5 Å². The van der Waals surface area contributed by atoms with Crippen LogP contribution in [0.5, 0.6) is 0 Å². The Morgan fingerprint density at radius 3 is 2.95 bits per heavy atom. The molecule has 0 aromatic carbocycles. The Balaban J connectivity index is 1.58. The van der Waals surface area contributed by atoms with Crippen molar-refractivity contribution in [2.75, 3.05) is 6.54 Å². The van der Waals surface area contributed by atoms with Crippen LogP contribution in [-0.2, 0) is 17.8 Å². The van der Waals surface area contributed by atoms with Gasteiger partial charge in [-0.05, 0) is 31.0 Å². The number of aryl methyl sites for hydroxylation is 2. The van der Waals surface area contributed by atoms with Crippen LogP contribution in [0.25, 0.3) is 5.65 Å². The number of hydrogen-bond acceptors (Lipinski definition) is 3. The Bertz CT molecular complexity index is 802. The van der Waals surface area contributed by atoms with Crippen molar-refractivity contribution in [1.82, 2.24) is 24.5 Å². The van der Waals surface area contributed by atoms with E-state index in [1.165, 1.54) is 0 Å². The van der Waals surface area contributed by atoms with Gasteiger partial charge in [0.1, 0.15) is 5.65 Å². The fourth-order valence-corrected chi connectivity index (χ4v) is 2.46. The summed E-state index contributed by atoms with van der Waals surface area (Å²) in [6.07, 6.45) is 7.79. The molecule has 0 aliphatic rings. The van der Waals surface area contributed by atoms with Crippen molar-refractivity contribution in [2.24, 2.45) is 0 Å². The normalized spacial score (nSPS) is 11.0. The number of imidazole rings is 1. The quantitative estimate of drug-likeness (QED) is 0.776. The summed E-state index contributed by atoms with van der Waals surface area (Å²) in [4.78, 5) is 16.4. The minimum absolute atomic E-state index is 0.00724. The number of fused-ring (bicyclic) bond motifs is 1. The van der Waals surface area contributed by atoms with Crippen LogP contribution in [0.4, 0.5) is 0 Å². The first-order valence-electron chi connectivity index (χ1n) is 7.31. The molecule has 3 aromatic rings. The van der Waals surface area contributed by atoms with Crippen LogP contribution < -0.4 is 5.32 Å². The minimum atomic E-state index is -0.00724. The first-order chi connectivity index (χ1) is 10.6. The molecule has 0 saturated heterocycles. The minimum Gasteiger partial charge on any atom is -0.354 e. The molecule has 0 aliphatic heterocycles. The Morgan fingerprint density at radius 2 is 2.18 bits per heavy atom. The van der Waals surface area contributed by atoms with Gasteiger partial charge < -0.3 is 9.72 Å². The first-order valence-corrected chi connectivity index (χ1v) is 7.31. The van der Waals surface area contributed by atoms with E-state index in [1.807, 2.05) is 53.7 Å². The largest absolute Gasteiger partial charge is 0.354 e. The summed E-state index contributed by atoms with van der Waals surface area (Å²) in [5, 5.41) is 7.11. The first kappa shape index (κ1) is 14.3. The number of amides is 1. The fraction of sp³-hybridized carbons (Fsp3) is 0.312. The highest BCUT2D eigenvalue weighted by molar-refractivity contribution is 5.78. The summed E-state index contributed by atoms with van der Waals surface area (Å²) in [5.74, 6) is -0.00724. The van der Waals surface area contributed by atoms with E-state index >= 15 is 0 Å². The molecule has 6 nitrogen and oxygen atoms in total. The Labute approximate surface area is 128 Å². The average molecular weight is 297 g/mol. The second-order valence-electron chi connectivity index (χ2n) is 5.44. The number of hydrogen-bond donors (Lipinski definition) is 1. The molecule has 0 unspecified atom stereocenters. The molecule has 1 N–H and O–H groups in total. The zero-order chi connectivity index (χ0) is 15.5. The van der Waals surface area contributed by atoms with Gasteiger partial charge in [-0.25, -0.2) is 4.98 Å². The molecule has 1 amide bonds. The summed E-state index contributed by atoms with van der Waals surface area (Å²) in [6.45, 7) is 5.24. The van der Waals surface area contributed by atoms with E-state index in [-0.39, 0.29) is 5.91 Å². The SMILES string of the molecule is Cc1cnn(CCNC(=O)Cc2cnc3c(C)cccn23)c1. The molecule has 0 fully saturated rings. The molecule has 0 atom stereocenters. The molecular formula is C16H19N5O. The maximum Gasteiger partial charge on any atom is 0.226 e. The molecular weight excluding hydrogens is 278 g/mol. The van der Waals surface area contributed by atoms with Gasteiger partial charge in [0.15, 0.2) is 0 Å². The van der Waals surface area contributed by atoms with Crippen molar-refractivity contribution in [3.8, 4) is 0 Å². The van der Waals surface area contributed by atoms with E-state index in [4.69, 9.17) is 0 Å². The highest BCUT2D eigenvalue weighted by Crippen LogP contribution is 2.11. The standard InChI is InChI=1S/C16H19N5O/c1-12-9-19-20(11-12)7-5-17-15(22)8-14-10-18-16-13(2)4-3-6-21(14)16/h3-4,6,9-11H,5,7-8H2,1-2H3,(H,17,22). The van der Waals surface area contributed by atoms with E-state index in [0.717, 1.165) is 22.5 Å². The molecule has 0 aliphatic carbocycles. The molecule has 0 saturated carbocycles. The van der Waals surface area contributed by atoms with Crippen molar-refractivity contribution >= 4 is 11.6 Å². The number of carbonyl (C=O) groups is 1. The maximum absolute atomic E-state index is 12.1. The Kier molecular flexibility index (Phi) is 3.91. The van der Waals surface area contributed by atoms with Gasteiger partial charge in [-0.1, -0.05) is 6.07 Å². The molecule has 0 spiro atoms. The highest BCUT2D eigenvalue weighted by Gasteiger charge is 2.09. The molecule has 3 heterocycles. The second-order valence-corrected chi connectivity index (χ2v) is 5.44. The molecule has 6 heteroatoms. The van der Waals surface area contributed by atoms with E-state index < -0.39 is 0 Å². The Hall–Kier alpha value is -2.63. The topological polar surface area (TPSA) is 64.2 Å². The molecule has 114 valence electrons. The van der Waals surface area contributed by atoms with Gasteiger partial charge in [0.05, 0.1) is 24.9 Å². The third kappa shape index (κ3) is 3.00. The summed E-state index contributed by atoms with van der Waals surface area (Å²) in [6, 6.07) is 3.98. The van der Waals surface area contributed by atoms with Crippen LogP contribution in [0.3, 0.4) is 0 Å². The number of aromatic nitrogens is 4. The van der Waals surface area contributed by atoms with E-state index in [9.17, 15) is 4.79 Å². The van der Waals surface area contributed by atoms with E-state index in [2.05, 4.69) is 15.4 Å². The van der Waals surface area contributed by atoms with Gasteiger partial charge in [0.2, 0.25) is 5.91 Å². The molecule has 0 bridgehead atoms. The zero-order valence-electron chi connectivity index (χ0n) is 12.8. The Morgan fingerprint density at radius 1 is 1.32 bits per heavy atom. The fourth-order valence-electron chi connectivity index (χ4n) is 2.46. The average Bonchev–Trinajstić information content (AvgIpc) is 3.07. The van der Waals surface area contributed by atoms with Gasteiger partial charge in [0, 0.05) is 25.1 Å². The lowest BCUT2D eigenvalue weighted by atomic mass is 10.3. The summed E-state index contributed by atoms with van der Waals surface area (Å²) in [7, 11) is 0. The van der Waals surface area contributed by atoms with Gasteiger partial charge in [-0.15, -0.1) is 0 Å². The number of carbonyl (C=O) groups excluding carboxylic acids is 1. The second kappa shape index (κ2) is 6.01. The summed E-state index contributed by atoms with van der Waals surface area (Å²) in [5.41, 5.74) is 4.01. The van der Waals surface area contributed by atoms with Gasteiger partial charge in [0.25, 0.3) is 0 Å². The maximum atomic E-state index is 12.1. The van der Waals surface area contributed by atoms with Crippen molar-refractivity contribution in [2.45, 2.75) is 26.8 Å². The van der Waals surface area contributed by atoms with Gasteiger partial charge in [-0.2, -0.15) is 5.10 Å². The van der Waals surface area contributed by atoms with Crippen LogP contribution in [0.1, 0.15) is 16.8 Å². The number of rotatable bonds is 5. The monoisotopic (exact) mass is 297 g/mol. The van der Waals surface area contributed by atoms with Crippen LogP contribution in [0.15, 0.2) is 36.9 Å². The predicted molar refractivity (Wildman–Crippen MR) is 83.6 cm³/mol. The zero-order valence-corrected chi connectivity index (χ0v) is 12.8. The van der Waals surface area contributed by atoms with Crippen LogP contribution >= 0.6 is 0 Å². The summed E-state index contributed by atoms with van der Waals surface area (Å²) >= 11 is 0. The van der Waals surface area contributed by atoms with Crippen molar-refractivity contribution in [3.63, 3.8) is 0 Å². The lowest BCUT2D eigenvalue weighted by Gasteiger charge is -2.06. The third-order valence-corrected chi connectivity index (χ3v) is 3.57.